The number of allylic oxidation sites excluding steroid dienone is 3. The molecule has 1 aliphatic heterocycles. The molecule has 3 nitrogen and oxygen atoms in total. The first-order chi connectivity index (χ1) is 6.65. The van der Waals surface area contributed by atoms with E-state index in [2.05, 4.69) is 0 Å². The van der Waals surface area contributed by atoms with Gasteiger partial charge in [-0.15, -0.1) is 6.61 Å². The summed E-state index contributed by atoms with van der Waals surface area (Å²) in [6.45, 7) is 3.21. The Bertz CT molecular complexity index is 321. The van der Waals surface area contributed by atoms with Crippen LogP contribution in [0.1, 0.15) is 26.7 Å². The number of ketones is 2. The summed E-state index contributed by atoms with van der Waals surface area (Å²) >= 11 is 0. The fourth-order valence-corrected chi connectivity index (χ4v) is 1.28. The Hall–Kier alpha value is -1.22. The second-order valence-corrected chi connectivity index (χ2v) is 3.23. The lowest BCUT2D eigenvalue weighted by atomic mass is 10.1. The summed E-state index contributed by atoms with van der Waals surface area (Å²) in [6, 6.07) is 0. The van der Waals surface area contributed by atoms with Crippen LogP contribution < -0.4 is 5.11 Å². The van der Waals surface area contributed by atoms with Crippen molar-refractivity contribution in [1.82, 2.24) is 0 Å². The minimum Gasteiger partial charge on any atom is -0.854 e. The molecule has 0 atom stereocenters. The van der Waals surface area contributed by atoms with Gasteiger partial charge in [0.2, 0.25) is 0 Å². The van der Waals surface area contributed by atoms with Gasteiger partial charge in [0.1, 0.15) is 5.57 Å². The van der Waals surface area contributed by atoms with Gasteiger partial charge < -0.3 is 5.11 Å². The number of Topliss-reactive ketones (excluding diaryl/α,β-unsaturated/α-hetero) is 1. The Morgan fingerprint density at radius 1 is 1.64 bits per heavy atom. The van der Waals surface area contributed by atoms with E-state index in [1.807, 2.05) is 6.08 Å². The van der Waals surface area contributed by atoms with Gasteiger partial charge in [-0.25, -0.2) is 4.42 Å². The van der Waals surface area contributed by atoms with Crippen molar-refractivity contribution in [3.05, 3.63) is 23.5 Å². The molecule has 0 aliphatic carbocycles. The summed E-state index contributed by atoms with van der Waals surface area (Å²) in [5, 5.41) is 10.2. The standard InChI is InChI=1S/C11H14O3/c1-8(13)11-7-10(14-9(11)2)5-3-4-6-12/h5,7H,3-4,6H2,1-2H3/b10-5-. The zero-order valence-electron chi connectivity index (χ0n) is 8.50. The van der Waals surface area contributed by atoms with E-state index in [-0.39, 0.29) is 12.4 Å². The molecule has 0 spiro atoms. The highest BCUT2D eigenvalue weighted by atomic mass is 16.4. The van der Waals surface area contributed by atoms with Crippen LogP contribution in [0.25, 0.3) is 0 Å². The highest BCUT2D eigenvalue weighted by Crippen LogP contribution is 2.13. The van der Waals surface area contributed by atoms with Gasteiger partial charge in [0.05, 0.1) is 13.0 Å². The molecule has 14 heavy (non-hydrogen) atoms. The molecule has 0 aromatic heterocycles. The molecular formula is C11H14O3. The van der Waals surface area contributed by atoms with Crippen molar-refractivity contribution in [2.75, 3.05) is 6.61 Å². The Morgan fingerprint density at radius 3 is 2.86 bits per heavy atom. The number of hydrogen-bond donors (Lipinski definition) is 0. The molecule has 76 valence electrons. The topological polar surface area (TPSA) is 51.4 Å². The third-order valence-corrected chi connectivity index (χ3v) is 2.01. The van der Waals surface area contributed by atoms with E-state index < -0.39 is 0 Å². The fourth-order valence-electron chi connectivity index (χ4n) is 1.28. The Kier molecular flexibility index (Phi) is 3.77. The quantitative estimate of drug-likeness (QED) is 0.375. The van der Waals surface area contributed by atoms with E-state index >= 15 is 0 Å². The van der Waals surface area contributed by atoms with Crippen LogP contribution in [0.2, 0.25) is 0 Å². The Labute approximate surface area is 83.4 Å². The largest absolute Gasteiger partial charge is 0.854 e. The van der Waals surface area contributed by atoms with Crippen LogP contribution in [-0.2, 0) is 9.22 Å². The van der Waals surface area contributed by atoms with Gasteiger partial charge in [0, 0.05) is 6.08 Å². The molecule has 0 unspecified atom stereocenters. The van der Waals surface area contributed by atoms with Crippen LogP contribution in [0.3, 0.4) is 0 Å². The Morgan fingerprint density at radius 2 is 2.36 bits per heavy atom. The van der Waals surface area contributed by atoms with Crippen molar-refractivity contribution >= 4 is 11.6 Å². The van der Waals surface area contributed by atoms with Gasteiger partial charge in [-0.1, -0.05) is 6.42 Å². The minimum absolute atomic E-state index is 0.00900. The first kappa shape index (κ1) is 10.9. The van der Waals surface area contributed by atoms with E-state index in [0.717, 1.165) is 0 Å². The third-order valence-electron chi connectivity index (χ3n) is 2.01. The van der Waals surface area contributed by atoms with Crippen molar-refractivity contribution in [3.63, 3.8) is 0 Å². The minimum atomic E-state index is -0.0737. The first-order valence-electron chi connectivity index (χ1n) is 4.68. The maximum Gasteiger partial charge on any atom is 0.350 e. The number of carbonyl (C=O) groups excluding carboxylic acids is 2. The van der Waals surface area contributed by atoms with Gasteiger partial charge >= 0.3 is 11.5 Å². The average Bonchev–Trinajstić information content (AvgIpc) is 2.47. The summed E-state index contributed by atoms with van der Waals surface area (Å²) in [7, 11) is 0. The number of hydrogen-bond acceptors (Lipinski definition) is 2. The summed E-state index contributed by atoms with van der Waals surface area (Å²) < 4.78 is 5.34. The van der Waals surface area contributed by atoms with Gasteiger partial charge in [0.25, 0.3) is 0 Å². The molecule has 0 fully saturated rings. The van der Waals surface area contributed by atoms with E-state index in [1.54, 1.807) is 13.0 Å². The maximum atomic E-state index is 11.1. The summed E-state index contributed by atoms with van der Waals surface area (Å²) in [5.41, 5.74) is 0.623. The van der Waals surface area contributed by atoms with Crippen LogP contribution >= 0.6 is 0 Å². The van der Waals surface area contributed by atoms with Crippen molar-refractivity contribution in [1.29, 1.82) is 0 Å². The lowest BCUT2D eigenvalue weighted by molar-refractivity contribution is -0.387. The van der Waals surface area contributed by atoms with Crippen molar-refractivity contribution in [2.24, 2.45) is 0 Å². The number of rotatable bonds is 4. The molecule has 0 bridgehead atoms. The van der Waals surface area contributed by atoms with Crippen LogP contribution in [0.4, 0.5) is 0 Å². The summed E-state index contributed by atoms with van der Waals surface area (Å²) in [5.74, 6) is 1.33. The van der Waals surface area contributed by atoms with Gasteiger partial charge in [0.15, 0.2) is 5.78 Å². The van der Waals surface area contributed by atoms with Gasteiger partial charge in [-0.05, 0) is 13.3 Å². The van der Waals surface area contributed by atoms with Crippen molar-refractivity contribution in [3.8, 4) is 0 Å². The predicted octanol–water partition coefficient (Wildman–Crippen LogP) is 0.664. The maximum absolute atomic E-state index is 11.1. The van der Waals surface area contributed by atoms with Crippen molar-refractivity contribution in [2.45, 2.75) is 26.7 Å². The molecule has 0 aromatic rings. The third kappa shape index (κ3) is 2.64. The summed E-state index contributed by atoms with van der Waals surface area (Å²) in [4.78, 5) is 11.1. The second kappa shape index (κ2) is 4.86. The molecule has 0 N–H and O–H groups in total. The van der Waals surface area contributed by atoms with Gasteiger partial charge in [-0.2, -0.15) is 0 Å². The lowest BCUT2D eigenvalue weighted by Gasteiger charge is -1.95. The van der Waals surface area contributed by atoms with Crippen LogP contribution in [0, 0.1) is 0 Å². The van der Waals surface area contributed by atoms with Crippen LogP contribution in [-0.4, -0.2) is 18.2 Å². The molecule has 0 amide bonds. The molecular weight excluding hydrogens is 180 g/mol. The predicted molar refractivity (Wildman–Crippen MR) is 51.6 cm³/mol. The zero-order chi connectivity index (χ0) is 10.6. The lowest BCUT2D eigenvalue weighted by Crippen LogP contribution is -2.03. The molecule has 0 aromatic carbocycles. The Balaban J connectivity index is 2.69. The van der Waals surface area contributed by atoms with Crippen LogP contribution in [0.5, 0.6) is 0 Å². The SMILES string of the molecule is CC(=O)C1=C/C(=C/CCC[O-])[O+]=C1C. The van der Waals surface area contributed by atoms with Crippen LogP contribution in [0.15, 0.2) is 23.5 Å². The van der Waals surface area contributed by atoms with Gasteiger partial charge in [-0.3, -0.25) is 4.79 Å². The molecule has 1 heterocycles. The fraction of sp³-hybridized carbons (Fsp3) is 0.455. The number of carbonyl (C=O) groups is 1. The molecule has 0 saturated heterocycles. The average molecular weight is 194 g/mol. The molecule has 1 rings (SSSR count). The highest BCUT2D eigenvalue weighted by Gasteiger charge is 2.27. The zero-order valence-corrected chi connectivity index (χ0v) is 8.50. The monoisotopic (exact) mass is 194 g/mol. The number of unbranched alkanes of at least 4 members (excludes halogenated alkanes) is 1. The van der Waals surface area contributed by atoms with E-state index in [4.69, 9.17) is 4.42 Å². The molecule has 0 radical (unpaired) electrons. The smallest absolute Gasteiger partial charge is 0.350 e. The molecule has 0 saturated carbocycles. The van der Waals surface area contributed by atoms with E-state index in [1.165, 1.54) is 6.92 Å². The highest BCUT2D eigenvalue weighted by molar-refractivity contribution is 6.19. The normalized spacial score (nSPS) is 18.4. The van der Waals surface area contributed by atoms with Crippen molar-refractivity contribution < 1.29 is 14.3 Å². The second-order valence-electron chi connectivity index (χ2n) is 3.23. The molecule has 3 heteroatoms. The molecule has 1 aliphatic rings. The first-order valence-corrected chi connectivity index (χ1v) is 4.68. The summed E-state index contributed by atoms with van der Waals surface area (Å²) in [6.07, 6.45) is 4.88. The van der Waals surface area contributed by atoms with E-state index in [0.29, 0.717) is 30.0 Å². The van der Waals surface area contributed by atoms with E-state index in [9.17, 15) is 9.90 Å².